The molecule has 0 amide bonds. The van der Waals surface area contributed by atoms with Gasteiger partial charge in [-0.05, 0) is 56.1 Å². The molecule has 0 spiro atoms. The lowest BCUT2D eigenvalue weighted by Gasteiger charge is -2.10. The summed E-state index contributed by atoms with van der Waals surface area (Å²) in [6, 6.07) is 11.9. The molecule has 0 fully saturated rings. The molecule has 5 nitrogen and oxygen atoms in total. The molecule has 2 aromatic heterocycles. The zero-order chi connectivity index (χ0) is 16.2. The van der Waals surface area contributed by atoms with E-state index in [1.54, 1.807) is 7.11 Å². The van der Waals surface area contributed by atoms with Gasteiger partial charge in [-0.2, -0.15) is 0 Å². The number of hydrogen-bond donors (Lipinski definition) is 1. The van der Waals surface area contributed by atoms with Gasteiger partial charge in [0, 0.05) is 18.1 Å². The van der Waals surface area contributed by atoms with Crippen LogP contribution < -0.4 is 10.1 Å². The molecule has 2 heterocycles. The number of rotatable bonds is 6. The van der Waals surface area contributed by atoms with E-state index in [9.17, 15) is 0 Å². The van der Waals surface area contributed by atoms with Gasteiger partial charge >= 0.3 is 0 Å². The molecule has 0 radical (unpaired) electrons. The molecule has 23 heavy (non-hydrogen) atoms. The first kappa shape index (κ1) is 15.4. The molecular weight excluding hydrogens is 290 g/mol. The fraction of sp³-hybridized carbons (Fsp3) is 0.278. The second-order valence-corrected chi connectivity index (χ2v) is 5.76. The van der Waals surface area contributed by atoms with Gasteiger partial charge in [0.25, 0.3) is 0 Å². The first-order chi connectivity index (χ1) is 11.1. The maximum Gasteiger partial charge on any atom is 0.134 e. The molecule has 0 unspecified atom stereocenters. The Balaban J connectivity index is 1.70. The Morgan fingerprint density at radius 1 is 1.17 bits per heavy atom. The number of fused-ring (bicyclic) bond motifs is 1. The largest absolute Gasteiger partial charge is 0.497 e. The van der Waals surface area contributed by atoms with Crippen molar-refractivity contribution in [2.75, 3.05) is 26.5 Å². The van der Waals surface area contributed by atoms with Gasteiger partial charge in [-0.3, -0.25) is 0 Å². The summed E-state index contributed by atoms with van der Waals surface area (Å²) >= 11 is 0. The lowest BCUT2D eigenvalue weighted by Crippen LogP contribution is -2.11. The van der Waals surface area contributed by atoms with E-state index in [1.165, 1.54) is 5.56 Å². The molecule has 1 N–H and O–H groups in total. The number of furan rings is 1. The Morgan fingerprint density at radius 2 is 2.04 bits per heavy atom. The second kappa shape index (κ2) is 6.71. The van der Waals surface area contributed by atoms with E-state index < -0.39 is 0 Å². The van der Waals surface area contributed by atoms with Crippen LogP contribution in [0.2, 0.25) is 0 Å². The van der Waals surface area contributed by atoms with Gasteiger partial charge in [-0.1, -0.05) is 0 Å². The van der Waals surface area contributed by atoms with Crippen molar-refractivity contribution in [2.24, 2.45) is 0 Å². The van der Waals surface area contributed by atoms with Gasteiger partial charge in [0.1, 0.15) is 22.9 Å². The van der Waals surface area contributed by atoms with E-state index in [0.717, 1.165) is 34.8 Å². The van der Waals surface area contributed by atoms with Crippen LogP contribution in [0.15, 0.2) is 47.0 Å². The van der Waals surface area contributed by atoms with Crippen molar-refractivity contribution in [2.45, 2.75) is 13.1 Å². The monoisotopic (exact) mass is 311 g/mol. The summed E-state index contributed by atoms with van der Waals surface area (Å²) in [5.41, 5.74) is 2.08. The lowest BCUT2D eigenvalue weighted by atomic mass is 10.2. The molecule has 0 aliphatic rings. The molecule has 3 rings (SSSR count). The van der Waals surface area contributed by atoms with E-state index in [2.05, 4.69) is 35.4 Å². The van der Waals surface area contributed by atoms with Crippen LogP contribution >= 0.6 is 0 Å². The van der Waals surface area contributed by atoms with Gasteiger partial charge in [-0.25, -0.2) is 4.98 Å². The third-order valence-electron chi connectivity index (χ3n) is 3.54. The van der Waals surface area contributed by atoms with Crippen LogP contribution in [0.3, 0.4) is 0 Å². The molecule has 120 valence electrons. The SMILES string of the molecule is COc1ccc2oc(CNc3cc(CN(C)C)ccn3)cc2c1. The predicted octanol–water partition coefficient (Wildman–Crippen LogP) is 3.51. The quantitative estimate of drug-likeness (QED) is 0.755. The maximum absolute atomic E-state index is 5.83. The Hall–Kier alpha value is -2.53. The van der Waals surface area contributed by atoms with Gasteiger partial charge in [0.15, 0.2) is 0 Å². The summed E-state index contributed by atoms with van der Waals surface area (Å²) < 4.78 is 11.1. The third kappa shape index (κ3) is 3.81. The number of methoxy groups -OCH3 is 1. The van der Waals surface area contributed by atoms with Gasteiger partial charge < -0.3 is 19.4 Å². The molecule has 0 atom stereocenters. The van der Waals surface area contributed by atoms with Gasteiger partial charge in [0.05, 0.1) is 13.7 Å². The smallest absolute Gasteiger partial charge is 0.134 e. The van der Waals surface area contributed by atoms with Crippen molar-refractivity contribution in [1.82, 2.24) is 9.88 Å². The number of benzene rings is 1. The molecule has 0 bridgehead atoms. The molecule has 0 saturated heterocycles. The van der Waals surface area contributed by atoms with Crippen molar-refractivity contribution in [3.8, 4) is 5.75 Å². The Kier molecular flexibility index (Phi) is 4.48. The van der Waals surface area contributed by atoms with Crippen molar-refractivity contribution < 1.29 is 9.15 Å². The number of hydrogen-bond acceptors (Lipinski definition) is 5. The molecule has 0 saturated carbocycles. The van der Waals surface area contributed by atoms with E-state index in [1.807, 2.05) is 36.5 Å². The first-order valence-electron chi connectivity index (χ1n) is 7.54. The molecule has 0 aliphatic heterocycles. The van der Waals surface area contributed by atoms with Crippen molar-refractivity contribution in [1.29, 1.82) is 0 Å². The molecule has 0 aliphatic carbocycles. The zero-order valence-corrected chi connectivity index (χ0v) is 13.7. The van der Waals surface area contributed by atoms with E-state index >= 15 is 0 Å². The molecule has 5 heteroatoms. The standard InChI is InChI=1S/C18H21N3O2/c1-21(2)12-13-6-7-19-18(8-13)20-11-16-10-14-9-15(22-3)4-5-17(14)23-16/h4-10H,11-12H2,1-3H3,(H,19,20). The van der Waals surface area contributed by atoms with Crippen LogP contribution in [0.4, 0.5) is 5.82 Å². The normalized spacial score (nSPS) is 11.1. The van der Waals surface area contributed by atoms with E-state index in [0.29, 0.717) is 6.54 Å². The number of aromatic nitrogens is 1. The van der Waals surface area contributed by atoms with Crippen LogP contribution in [0, 0.1) is 0 Å². The average molecular weight is 311 g/mol. The number of ether oxygens (including phenoxy) is 1. The summed E-state index contributed by atoms with van der Waals surface area (Å²) in [6.45, 7) is 1.48. The summed E-state index contributed by atoms with van der Waals surface area (Å²) in [4.78, 5) is 6.48. The van der Waals surface area contributed by atoms with Crippen molar-refractivity contribution in [3.63, 3.8) is 0 Å². The summed E-state index contributed by atoms with van der Waals surface area (Å²) in [7, 11) is 5.77. The highest BCUT2D eigenvalue weighted by Gasteiger charge is 2.06. The highest BCUT2D eigenvalue weighted by Crippen LogP contribution is 2.24. The van der Waals surface area contributed by atoms with Crippen molar-refractivity contribution >= 4 is 16.8 Å². The third-order valence-corrected chi connectivity index (χ3v) is 3.54. The topological polar surface area (TPSA) is 50.5 Å². The van der Waals surface area contributed by atoms with Crippen LogP contribution in [0.25, 0.3) is 11.0 Å². The predicted molar refractivity (Wildman–Crippen MR) is 91.7 cm³/mol. The van der Waals surface area contributed by atoms with E-state index in [-0.39, 0.29) is 0 Å². The maximum atomic E-state index is 5.83. The fourth-order valence-corrected chi connectivity index (χ4v) is 2.50. The average Bonchev–Trinajstić information content (AvgIpc) is 2.94. The first-order valence-corrected chi connectivity index (χ1v) is 7.54. The summed E-state index contributed by atoms with van der Waals surface area (Å²) in [6.07, 6.45) is 1.82. The molecule has 3 aromatic rings. The summed E-state index contributed by atoms with van der Waals surface area (Å²) in [5.74, 6) is 2.55. The zero-order valence-electron chi connectivity index (χ0n) is 13.7. The second-order valence-electron chi connectivity index (χ2n) is 5.76. The lowest BCUT2D eigenvalue weighted by molar-refractivity contribution is 0.402. The number of pyridine rings is 1. The van der Waals surface area contributed by atoms with Crippen LogP contribution in [0.5, 0.6) is 5.75 Å². The Morgan fingerprint density at radius 3 is 2.83 bits per heavy atom. The van der Waals surface area contributed by atoms with Crippen molar-refractivity contribution in [3.05, 3.63) is 53.9 Å². The van der Waals surface area contributed by atoms with Crippen LogP contribution in [-0.4, -0.2) is 31.1 Å². The molecular formula is C18H21N3O2. The number of nitrogens with one attached hydrogen (secondary N) is 1. The molecule has 1 aromatic carbocycles. The minimum atomic E-state index is 0.593. The minimum Gasteiger partial charge on any atom is -0.497 e. The Labute approximate surface area is 135 Å². The fourth-order valence-electron chi connectivity index (χ4n) is 2.50. The number of anilines is 1. The van der Waals surface area contributed by atoms with E-state index in [4.69, 9.17) is 9.15 Å². The van der Waals surface area contributed by atoms with Gasteiger partial charge in [0.2, 0.25) is 0 Å². The van der Waals surface area contributed by atoms with Crippen LogP contribution in [-0.2, 0) is 13.1 Å². The Bertz CT molecular complexity index is 796. The minimum absolute atomic E-state index is 0.593. The van der Waals surface area contributed by atoms with Gasteiger partial charge in [-0.15, -0.1) is 0 Å². The highest BCUT2D eigenvalue weighted by molar-refractivity contribution is 5.79. The van der Waals surface area contributed by atoms with Crippen LogP contribution in [0.1, 0.15) is 11.3 Å². The highest BCUT2D eigenvalue weighted by atomic mass is 16.5. The number of nitrogens with zero attached hydrogens (tertiary/aromatic N) is 2. The summed E-state index contributed by atoms with van der Waals surface area (Å²) in [5, 5.41) is 4.35.